The molecule has 0 bridgehead atoms. The lowest BCUT2D eigenvalue weighted by Crippen LogP contribution is -2.52. The quantitative estimate of drug-likeness (QED) is 0.730. The average molecular weight is 298 g/mol. The summed E-state index contributed by atoms with van der Waals surface area (Å²) in [5, 5.41) is 14.5. The second-order valence-electron chi connectivity index (χ2n) is 7.46. The number of hydrogen-bond acceptors (Lipinski definition) is 2. The van der Waals surface area contributed by atoms with Gasteiger partial charge in [0.2, 0.25) is 0 Å². The van der Waals surface area contributed by atoms with E-state index in [1.165, 1.54) is 25.7 Å². The first kappa shape index (κ1) is 17.8. The highest BCUT2D eigenvalue weighted by Crippen LogP contribution is 2.30. The number of carboxylic acids is 1. The minimum absolute atomic E-state index is 0.388. The molecule has 1 aliphatic carbocycles. The number of aliphatic carboxylic acids is 1. The Morgan fingerprint density at radius 1 is 1.29 bits per heavy atom. The highest BCUT2D eigenvalue weighted by molar-refractivity contribution is 5.83. The third-order valence-electron chi connectivity index (χ3n) is 4.27. The molecule has 1 saturated carbocycles. The molecule has 0 aromatic heterocycles. The SMILES string of the molecule is CC1CCCC(CCNC(=O)NC(C(=O)O)C(C)(C)C)C1. The van der Waals surface area contributed by atoms with Crippen molar-refractivity contribution in [1.29, 1.82) is 0 Å². The zero-order valence-corrected chi connectivity index (χ0v) is 13.7. The number of carbonyl (C=O) groups excluding carboxylic acids is 1. The third-order valence-corrected chi connectivity index (χ3v) is 4.27. The molecule has 1 rings (SSSR count). The van der Waals surface area contributed by atoms with Crippen LogP contribution in [0.5, 0.6) is 0 Å². The van der Waals surface area contributed by atoms with Crippen molar-refractivity contribution in [3.63, 3.8) is 0 Å². The molecule has 5 nitrogen and oxygen atoms in total. The van der Waals surface area contributed by atoms with Gasteiger partial charge in [-0.05, 0) is 30.1 Å². The maximum Gasteiger partial charge on any atom is 0.326 e. The van der Waals surface area contributed by atoms with E-state index in [1.807, 2.05) is 0 Å². The Morgan fingerprint density at radius 3 is 2.48 bits per heavy atom. The van der Waals surface area contributed by atoms with Crippen LogP contribution in [0.3, 0.4) is 0 Å². The van der Waals surface area contributed by atoms with E-state index in [-0.39, 0.29) is 6.03 Å². The van der Waals surface area contributed by atoms with Gasteiger partial charge < -0.3 is 15.7 Å². The number of amides is 2. The Morgan fingerprint density at radius 2 is 1.95 bits per heavy atom. The first-order valence-electron chi connectivity index (χ1n) is 7.97. The lowest BCUT2D eigenvalue weighted by molar-refractivity contribution is -0.141. The summed E-state index contributed by atoms with van der Waals surface area (Å²) in [6.07, 6.45) is 6.06. The van der Waals surface area contributed by atoms with Gasteiger partial charge in [0.1, 0.15) is 6.04 Å². The second-order valence-corrected chi connectivity index (χ2v) is 7.46. The number of carboxylic acid groups (broad SMARTS) is 1. The number of rotatable bonds is 5. The Bertz CT molecular complexity index is 363. The molecule has 5 heteroatoms. The minimum Gasteiger partial charge on any atom is -0.480 e. The summed E-state index contributed by atoms with van der Waals surface area (Å²) in [7, 11) is 0. The molecule has 3 unspecified atom stereocenters. The molecule has 21 heavy (non-hydrogen) atoms. The average Bonchev–Trinajstić information content (AvgIpc) is 2.34. The highest BCUT2D eigenvalue weighted by atomic mass is 16.4. The standard InChI is InChI=1S/C16H30N2O3/c1-11-6-5-7-12(10-11)8-9-17-15(21)18-13(14(19)20)16(2,3)4/h11-13H,5-10H2,1-4H3,(H,19,20)(H2,17,18,21). The van der Waals surface area contributed by atoms with Crippen molar-refractivity contribution >= 4 is 12.0 Å². The van der Waals surface area contributed by atoms with Crippen LogP contribution in [-0.2, 0) is 4.79 Å². The zero-order valence-electron chi connectivity index (χ0n) is 13.7. The summed E-state index contributed by atoms with van der Waals surface area (Å²) >= 11 is 0. The van der Waals surface area contributed by atoms with E-state index in [9.17, 15) is 14.7 Å². The number of hydrogen-bond donors (Lipinski definition) is 3. The highest BCUT2D eigenvalue weighted by Gasteiger charge is 2.32. The molecule has 2 amide bonds. The predicted octanol–water partition coefficient (Wildman–Crippen LogP) is 3.00. The van der Waals surface area contributed by atoms with E-state index in [1.54, 1.807) is 20.8 Å². The number of urea groups is 1. The Labute approximate surface area is 127 Å². The maximum atomic E-state index is 11.8. The van der Waals surface area contributed by atoms with Crippen LogP contribution in [0.4, 0.5) is 4.79 Å². The van der Waals surface area contributed by atoms with Crippen molar-refractivity contribution in [3.05, 3.63) is 0 Å². The van der Waals surface area contributed by atoms with Crippen molar-refractivity contribution in [3.8, 4) is 0 Å². The molecule has 0 saturated heterocycles. The summed E-state index contributed by atoms with van der Waals surface area (Å²) in [5.74, 6) is 0.473. The predicted molar refractivity (Wildman–Crippen MR) is 83.2 cm³/mol. The van der Waals surface area contributed by atoms with Crippen LogP contribution in [0.25, 0.3) is 0 Å². The maximum absolute atomic E-state index is 11.8. The first-order chi connectivity index (χ1) is 9.70. The van der Waals surface area contributed by atoms with E-state index in [0.717, 1.165) is 12.3 Å². The summed E-state index contributed by atoms with van der Waals surface area (Å²) < 4.78 is 0. The van der Waals surface area contributed by atoms with Gasteiger partial charge in [-0.3, -0.25) is 0 Å². The Kier molecular flexibility index (Phi) is 6.49. The normalized spacial score (nSPS) is 24.2. The molecule has 0 radical (unpaired) electrons. The molecule has 0 aliphatic heterocycles. The molecule has 1 fully saturated rings. The van der Waals surface area contributed by atoms with Crippen molar-refractivity contribution in [2.24, 2.45) is 17.3 Å². The van der Waals surface area contributed by atoms with Gasteiger partial charge in [-0.2, -0.15) is 0 Å². The molecular formula is C16H30N2O3. The molecule has 0 aromatic carbocycles. The van der Waals surface area contributed by atoms with Gasteiger partial charge in [-0.15, -0.1) is 0 Å². The molecule has 1 aliphatic rings. The molecule has 122 valence electrons. The molecule has 3 atom stereocenters. The molecule has 0 heterocycles. The van der Waals surface area contributed by atoms with Gasteiger partial charge in [0.25, 0.3) is 0 Å². The number of nitrogens with one attached hydrogen (secondary N) is 2. The smallest absolute Gasteiger partial charge is 0.326 e. The minimum atomic E-state index is -1.00. The van der Waals surface area contributed by atoms with Crippen molar-refractivity contribution in [2.75, 3.05) is 6.54 Å². The van der Waals surface area contributed by atoms with Gasteiger partial charge in [-0.1, -0.05) is 47.0 Å². The summed E-state index contributed by atoms with van der Waals surface area (Å²) in [4.78, 5) is 23.0. The van der Waals surface area contributed by atoms with Crippen LogP contribution in [0, 0.1) is 17.3 Å². The summed E-state index contributed by atoms with van der Waals surface area (Å²) in [5.41, 5.74) is -0.512. The molecular weight excluding hydrogens is 268 g/mol. The van der Waals surface area contributed by atoms with Crippen molar-refractivity contribution < 1.29 is 14.7 Å². The fraction of sp³-hybridized carbons (Fsp3) is 0.875. The third kappa shape index (κ3) is 6.36. The van der Waals surface area contributed by atoms with Crippen LogP contribution in [-0.4, -0.2) is 29.7 Å². The van der Waals surface area contributed by atoms with E-state index in [4.69, 9.17) is 0 Å². The fourth-order valence-corrected chi connectivity index (χ4v) is 3.04. The fourth-order valence-electron chi connectivity index (χ4n) is 3.04. The van der Waals surface area contributed by atoms with Crippen LogP contribution >= 0.6 is 0 Å². The van der Waals surface area contributed by atoms with Crippen molar-refractivity contribution in [1.82, 2.24) is 10.6 Å². The molecule has 0 spiro atoms. The zero-order chi connectivity index (χ0) is 16.0. The Balaban J connectivity index is 2.31. The van der Waals surface area contributed by atoms with Gasteiger partial charge in [0, 0.05) is 6.54 Å². The van der Waals surface area contributed by atoms with Crippen LogP contribution in [0.15, 0.2) is 0 Å². The van der Waals surface area contributed by atoms with Crippen LogP contribution < -0.4 is 10.6 Å². The van der Waals surface area contributed by atoms with Gasteiger partial charge in [-0.25, -0.2) is 9.59 Å². The van der Waals surface area contributed by atoms with Crippen LogP contribution in [0.2, 0.25) is 0 Å². The van der Waals surface area contributed by atoms with E-state index in [2.05, 4.69) is 17.6 Å². The molecule has 0 aromatic rings. The van der Waals surface area contributed by atoms with Gasteiger partial charge in [0.15, 0.2) is 0 Å². The lowest BCUT2D eigenvalue weighted by Gasteiger charge is -2.28. The van der Waals surface area contributed by atoms with Gasteiger partial charge >= 0.3 is 12.0 Å². The molecule has 3 N–H and O–H groups in total. The topological polar surface area (TPSA) is 78.4 Å². The summed E-state index contributed by atoms with van der Waals surface area (Å²) in [6, 6.07) is -1.27. The van der Waals surface area contributed by atoms with E-state index >= 15 is 0 Å². The van der Waals surface area contributed by atoms with Crippen molar-refractivity contribution in [2.45, 2.75) is 65.8 Å². The Hall–Kier alpha value is -1.26. The van der Waals surface area contributed by atoms with E-state index in [0.29, 0.717) is 12.5 Å². The van der Waals surface area contributed by atoms with Crippen LogP contribution in [0.1, 0.15) is 59.8 Å². The second kappa shape index (κ2) is 7.66. The number of carbonyl (C=O) groups is 2. The summed E-state index contributed by atoms with van der Waals surface area (Å²) in [6.45, 7) is 8.30. The monoisotopic (exact) mass is 298 g/mol. The largest absolute Gasteiger partial charge is 0.480 e. The van der Waals surface area contributed by atoms with E-state index < -0.39 is 17.4 Å². The van der Waals surface area contributed by atoms with Gasteiger partial charge in [0.05, 0.1) is 0 Å². The first-order valence-corrected chi connectivity index (χ1v) is 7.97. The lowest BCUT2D eigenvalue weighted by atomic mass is 9.81.